The van der Waals surface area contributed by atoms with E-state index in [2.05, 4.69) is 14.6 Å². The minimum Gasteiger partial charge on any atom is -0.508 e. The summed E-state index contributed by atoms with van der Waals surface area (Å²) in [4.78, 5) is 21.2. The van der Waals surface area contributed by atoms with Crippen LogP contribution in [0.15, 0.2) is 54.7 Å². The zero-order chi connectivity index (χ0) is 25.9. The molecule has 2 aromatic carbocycles. The third-order valence-corrected chi connectivity index (χ3v) is 6.76. The van der Waals surface area contributed by atoms with E-state index >= 15 is 0 Å². The van der Waals surface area contributed by atoms with Crippen LogP contribution >= 0.6 is 0 Å². The number of phenols is 1. The third-order valence-electron chi connectivity index (χ3n) is 6.17. The van der Waals surface area contributed by atoms with Gasteiger partial charge < -0.3 is 19.8 Å². The Morgan fingerprint density at radius 2 is 2.08 bits per heavy atom. The number of amides is 1. The van der Waals surface area contributed by atoms with E-state index in [1.807, 2.05) is 6.07 Å². The van der Waals surface area contributed by atoms with Crippen molar-refractivity contribution in [1.29, 1.82) is 0 Å². The van der Waals surface area contributed by atoms with Gasteiger partial charge in [-0.1, -0.05) is 12.1 Å². The summed E-state index contributed by atoms with van der Waals surface area (Å²) in [7, 11) is -1.81. The number of fused-ring (bicyclic) bond motifs is 1. The fraction of sp³-hybridized carbons (Fsp3) is 0.360. The molecule has 36 heavy (non-hydrogen) atoms. The Kier molecular flexibility index (Phi) is 7.62. The van der Waals surface area contributed by atoms with Crippen molar-refractivity contribution < 1.29 is 28.2 Å². The predicted octanol–water partition coefficient (Wildman–Crippen LogP) is 1.96. The van der Waals surface area contributed by atoms with Gasteiger partial charge in [0.15, 0.2) is 6.61 Å². The molecule has 10 nitrogen and oxygen atoms in total. The largest absolute Gasteiger partial charge is 0.508 e. The molecule has 1 aromatic heterocycles. The number of hydrogen-bond acceptors (Lipinski definition) is 8. The van der Waals surface area contributed by atoms with Crippen molar-refractivity contribution >= 4 is 32.5 Å². The number of aliphatic hydroxyl groups excluding tert-OH is 1. The van der Waals surface area contributed by atoms with Gasteiger partial charge in [-0.2, -0.15) is 0 Å². The second kappa shape index (κ2) is 10.7. The molecule has 1 fully saturated rings. The number of likely N-dealkylation sites (tertiary alicyclic amines) is 1. The SMILES string of the molecule is CN(C(=O)COc1ccc(NS(C)(=O)=O)c2ncccc12)[C@H](CN1CC[C@H](O)C1)c1cccc(O)c1. The van der Waals surface area contributed by atoms with Crippen LogP contribution in [0.3, 0.4) is 0 Å². The molecular weight excluding hydrogens is 484 g/mol. The molecule has 0 aliphatic carbocycles. The first-order valence-corrected chi connectivity index (χ1v) is 13.4. The number of likely N-dealkylation sites (N-methyl/N-ethyl adjacent to an activating group) is 1. The van der Waals surface area contributed by atoms with Gasteiger partial charge in [0.25, 0.3) is 5.91 Å². The number of aromatic hydroxyl groups is 1. The van der Waals surface area contributed by atoms with Crippen molar-refractivity contribution in [2.24, 2.45) is 0 Å². The summed E-state index contributed by atoms with van der Waals surface area (Å²) in [6.07, 6.45) is 2.90. The van der Waals surface area contributed by atoms with Crippen LogP contribution in [0.1, 0.15) is 18.0 Å². The smallest absolute Gasteiger partial charge is 0.260 e. The number of nitrogens with one attached hydrogen (secondary N) is 1. The Morgan fingerprint density at radius 1 is 1.28 bits per heavy atom. The predicted molar refractivity (Wildman–Crippen MR) is 136 cm³/mol. The van der Waals surface area contributed by atoms with Crippen LogP contribution in [0.25, 0.3) is 10.9 Å². The van der Waals surface area contributed by atoms with E-state index in [0.29, 0.717) is 41.9 Å². The average molecular weight is 515 g/mol. The van der Waals surface area contributed by atoms with Gasteiger partial charge in [-0.3, -0.25) is 19.4 Å². The number of rotatable bonds is 9. The monoisotopic (exact) mass is 514 g/mol. The lowest BCUT2D eigenvalue weighted by Gasteiger charge is -2.32. The van der Waals surface area contributed by atoms with E-state index in [0.717, 1.165) is 18.4 Å². The molecular formula is C25H30N4O6S. The number of ether oxygens (including phenoxy) is 1. The highest BCUT2D eigenvalue weighted by molar-refractivity contribution is 7.92. The van der Waals surface area contributed by atoms with Crippen LogP contribution in [-0.2, 0) is 14.8 Å². The molecule has 0 saturated carbocycles. The van der Waals surface area contributed by atoms with Crippen LogP contribution in [0, 0.1) is 0 Å². The number of hydrogen-bond donors (Lipinski definition) is 3. The molecule has 0 bridgehead atoms. The van der Waals surface area contributed by atoms with Crippen LogP contribution < -0.4 is 9.46 Å². The second-order valence-corrected chi connectivity index (χ2v) is 10.7. The van der Waals surface area contributed by atoms with Gasteiger partial charge in [0, 0.05) is 38.3 Å². The Balaban J connectivity index is 1.52. The Bertz CT molecular complexity index is 1350. The number of benzene rings is 2. The summed E-state index contributed by atoms with van der Waals surface area (Å²) in [5.74, 6) is 0.228. The quantitative estimate of drug-likeness (QED) is 0.395. The number of anilines is 1. The lowest BCUT2D eigenvalue weighted by Crippen LogP contribution is -2.40. The van der Waals surface area contributed by atoms with Gasteiger partial charge >= 0.3 is 0 Å². The topological polar surface area (TPSA) is 132 Å². The fourth-order valence-electron chi connectivity index (χ4n) is 4.38. The van der Waals surface area contributed by atoms with E-state index in [4.69, 9.17) is 4.74 Å². The molecule has 192 valence electrons. The van der Waals surface area contributed by atoms with Crippen molar-refractivity contribution in [1.82, 2.24) is 14.8 Å². The molecule has 3 N–H and O–H groups in total. The zero-order valence-corrected chi connectivity index (χ0v) is 21.0. The Labute approximate surface area is 210 Å². The van der Waals surface area contributed by atoms with Crippen molar-refractivity contribution in [3.63, 3.8) is 0 Å². The van der Waals surface area contributed by atoms with Crippen molar-refractivity contribution in [3.8, 4) is 11.5 Å². The number of carbonyl (C=O) groups excluding carboxylic acids is 1. The maximum absolute atomic E-state index is 13.2. The number of carbonyl (C=O) groups is 1. The molecule has 1 saturated heterocycles. The van der Waals surface area contributed by atoms with Gasteiger partial charge in [0.2, 0.25) is 10.0 Å². The number of β-amino-alcohol motifs (C(OH)–C–C–N with tert-alkyl or cyclic N) is 1. The lowest BCUT2D eigenvalue weighted by molar-refractivity contribution is -0.134. The maximum atomic E-state index is 13.2. The summed E-state index contributed by atoms with van der Waals surface area (Å²) < 4.78 is 31.7. The first kappa shape index (κ1) is 25.7. The normalized spacial score (nSPS) is 17.1. The minimum absolute atomic E-state index is 0.109. The second-order valence-electron chi connectivity index (χ2n) is 8.99. The number of aliphatic hydroxyl groups is 1. The van der Waals surface area contributed by atoms with Crippen LogP contribution in [0.5, 0.6) is 11.5 Å². The van der Waals surface area contributed by atoms with Crippen molar-refractivity contribution in [3.05, 3.63) is 60.3 Å². The summed E-state index contributed by atoms with van der Waals surface area (Å²) in [6, 6.07) is 13.0. The molecule has 0 radical (unpaired) electrons. The highest BCUT2D eigenvalue weighted by atomic mass is 32.2. The first-order chi connectivity index (χ1) is 17.1. The zero-order valence-electron chi connectivity index (χ0n) is 20.2. The summed E-state index contributed by atoms with van der Waals surface area (Å²) in [5.41, 5.74) is 1.50. The van der Waals surface area contributed by atoms with E-state index in [1.54, 1.807) is 60.6 Å². The Morgan fingerprint density at radius 3 is 2.78 bits per heavy atom. The summed E-state index contributed by atoms with van der Waals surface area (Å²) in [5, 5.41) is 20.5. The molecule has 1 aliphatic rings. The highest BCUT2D eigenvalue weighted by Gasteiger charge is 2.28. The number of sulfonamides is 1. The molecule has 0 spiro atoms. The fourth-order valence-corrected chi connectivity index (χ4v) is 4.94. The number of phenolic OH excluding ortho intramolecular Hbond substituents is 1. The number of nitrogens with zero attached hydrogens (tertiary/aromatic N) is 3. The van der Waals surface area contributed by atoms with E-state index < -0.39 is 10.0 Å². The third kappa shape index (κ3) is 6.23. The average Bonchev–Trinajstić information content (AvgIpc) is 3.25. The van der Waals surface area contributed by atoms with Crippen molar-refractivity contribution in [2.75, 3.05) is 44.3 Å². The van der Waals surface area contributed by atoms with Gasteiger partial charge in [0.05, 0.1) is 29.6 Å². The molecule has 1 amide bonds. The van der Waals surface area contributed by atoms with E-state index in [1.165, 1.54) is 0 Å². The lowest BCUT2D eigenvalue weighted by atomic mass is 10.0. The van der Waals surface area contributed by atoms with Gasteiger partial charge in [-0.05, 0) is 48.4 Å². The summed E-state index contributed by atoms with van der Waals surface area (Å²) >= 11 is 0. The standard InChI is InChI=1S/C25H30N4O6S/c1-28(22(15-29-12-10-19(31)14-29)17-5-3-6-18(30)13-17)24(32)16-35-23-9-8-21(27-36(2,33)34)25-20(23)7-4-11-26-25/h3-9,11,13,19,22,27,30-31H,10,12,14-16H2,1-2H3/t19-,22+/m0/s1. The van der Waals surface area contributed by atoms with Gasteiger partial charge in [0.1, 0.15) is 11.5 Å². The first-order valence-electron chi connectivity index (χ1n) is 11.5. The van der Waals surface area contributed by atoms with Crippen LogP contribution in [-0.4, -0.2) is 85.0 Å². The van der Waals surface area contributed by atoms with E-state index in [-0.39, 0.29) is 30.4 Å². The van der Waals surface area contributed by atoms with Crippen LogP contribution in [0.2, 0.25) is 0 Å². The maximum Gasteiger partial charge on any atom is 0.260 e. The highest BCUT2D eigenvalue weighted by Crippen LogP contribution is 2.31. The number of pyridine rings is 1. The molecule has 0 unspecified atom stereocenters. The number of aromatic nitrogens is 1. The molecule has 11 heteroatoms. The summed E-state index contributed by atoms with van der Waals surface area (Å²) in [6.45, 7) is 1.50. The van der Waals surface area contributed by atoms with Gasteiger partial charge in [-0.25, -0.2) is 8.42 Å². The van der Waals surface area contributed by atoms with Crippen molar-refractivity contribution in [2.45, 2.75) is 18.6 Å². The van der Waals surface area contributed by atoms with E-state index in [9.17, 15) is 23.4 Å². The molecule has 3 aromatic rings. The Hall–Kier alpha value is -3.41. The minimum atomic E-state index is -3.50. The molecule has 2 atom stereocenters. The van der Waals surface area contributed by atoms with Crippen LogP contribution in [0.4, 0.5) is 5.69 Å². The molecule has 2 heterocycles. The van der Waals surface area contributed by atoms with Gasteiger partial charge in [-0.15, -0.1) is 0 Å². The molecule has 1 aliphatic heterocycles. The molecule has 4 rings (SSSR count).